The summed E-state index contributed by atoms with van der Waals surface area (Å²) in [6.07, 6.45) is 3.89. The molecule has 0 amide bonds. The van der Waals surface area contributed by atoms with Crippen molar-refractivity contribution in [2.45, 2.75) is 32.9 Å². The first-order valence-corrected chi connectivity index (χ1v) is 9.80. The molecule has 7 nitrogen and oxygen atoms in total. The van der Waals surface area contributed by atoms with E-state index in [0.29, 0.717) is 41.6 Å². The summed E-state index contributed by atoms with van der Waals surface area (Å²) < 4.78 is 10.0. The molecule has 29 heavy (non-hydrogen) atoms. The molecule has 5 rings (SSSR count). The molecule has 1 aromatic carbocycles. The minimum atomic E-state index is -0.300. The van der Waals surface area contributed by atoms with Gasteiger partial charge in [0.05, 0.1) is 13.7 Å². The number of ether oxygens (including phenoxy) is 1. The highest BCUT2D eigenvalue weighted by Crippen LogP contribution is 2.30. The average molecular weight is 390 g/mol. The summed E-state index contributed by atoms with van der Waals surface area (Å²) in [5.41, 5.74) is 2.95. The number of pyridine rings is 1. The van der Waals surface area contributed by atoms with Crippen LogP contribution >= 0.6 is 0 Å². The van der Waals surface area contributed by atoms with E-state index in [1.807, 2.05) is 31.2 Å². The van der Waals surface area contributed by atoms with Gasteiger partial charge in [-0.05, 0) is 37.3 Å². The van der Waals surface area contributed by atoms with E-state index in [0.717, 1.165) is 24.0 Å². The van der Waals surface area contributed by atoms with Gasteiger partial charge in [0.15, 0.2) is 11.2 Å². The van der Waals surface area contributed by atoms with Gasteiger partial charge in [-0.3, -0.25) is 18.3 Å². The molecule has 3 aromatic heterocycles. The lowest BCUT2D eigenvalue weighted by atomic mass is 10.1. The zero-order chi connectivity index (χ0) is 20.1. The van der Waals surface area contributed by atoms with Crippen LogP contribution in [0.25, 0.3) is 16.8 Å². The van der Waals surface area contributed by atoms with E-state index in [-0.39, 0.29) is 11.2 Å². The van der Waals surface area contributed by atoms with Crippen molar-refractivity contribution in [3.63, 3.8) is 0 Å². The minimum absolute atomic E-state index is 0.282. The highest BCUT2D eigenvalue weighted by atomic mass is 16.5. The van der Waals surface area contributed by atoms with Gasteiger partial charge < -0.3 is 4.74 Å². The monoisotopic (exact) mass is 390 g/mol. The second-order valence-corrected chi connectivity index (χ2v) is 7.80. The topological polar surface area (TPSA) is 70.5 Å². The molecule has 7 heteroatoms. The Morgan fingerprint density at radius 3 is 2.69 bits per heavy atom. The number of nitrogens with zero attached hydrogens (tertiary/aromatic N) is 4. The van der Waals surface area contributed by atoms with Crippen LogP contribution in [0.1, 0.15) is 24.0 Å². The second kappa shape index (κ2) is 6.62. The van der Waals surface area contributed by atoms with E-state index in [4.69, 9.17) is 4.74 Å². The van der Waals surface area contributed by atoms with Crippen LogP contribution in [0.4, 0.5) is 0 Å². The number of aromatic nitrogens is 4. The van der Waals surface area contributed by atoms with Crippen molar-refractivity contribution in [2.75, 3.05) is 7.11 Å². The third-order valence-corrected chi connectivity index (χ3v) is 5.54. The summed E-state index contributed by atoms with van der Waals surface area (Å²) >= 11 is 0. The molecular formula is C22H22N4O3. The van der Waals surface area contributed by atoms with Crippen LogP contribution in [-0.2, 0) is 13.1 Å². The largest absolute Gasteiger partial charge is 0.497 e. The molecule has 0 saturated heterocycles. The van der Waals surface area contributed by atoms with Crippen molar-refractivity contribution in [1.29, 1.82) is 0 Å². The summed E-state index contributed by atoms with van der Waals surface area (Å²) in [5.74, 6) is 1.06. The molecule has 3 heterocycles. The van der Waals surface area contributed by atoms with Gasteiger partial charge >= 0.3 is 5.69 Å². The first-order valence-electron chi connectivity index (χ1n) is 9.80. The first kappa shape index (κ1) is 17.7. The summed E-state index contributed by atoms with van der Waals surface area (Å²) in [4.78, 5) is 31.2. The standard InChI is InChI=1S/C22H22N4O3/c1-14-4-3-5-16(10-14)13-25-20-19(21(27)26(22(25)28)12-15-6-7-15)24-9-8-17(29-2)11-18(24)23-20/h3-5,8-11,15H,6-7,12-13H2,1-2H3. The Bertz CT molecular complexity index is 1360. The molecule has 4 aromatic rings. The summed E-state index contributed by atoms with van der Waals surface area (Å²) in [5, 5.41) is 0. The Hall–Kier alpha value is -3.35. The quantitative estimate of drug-likeness (QED) is 0.525. The van der Waals surface area contributed by atoms with Crippen molar-refractivity contribution < 1.29 is 4.74 Å². The van der Waals surface area contributed by atoms with Crippen LogP contribution in [-0.4, -0.2) is 25.6 Å². The molecule has 0 atom stereocenters. The molecule has 1 saturated carbocycles. The van der Waals surface area contributed by atoms with Crippen LogP contribution in [0.3, 0.4) is 0 Å². The molecule has 0 radical (unpaired) electrons. The van der Waals surface area contributed by atoms with E-state index in [2.05, 4.69) is 4.98 Å². The number of fused-ring (bicyclic) bond motifs is 3. The Kier molecular flexibility index (Phi) is 4.04. The van der Waals surface area contributed by atoms with Gasteiger partial charge in [-0.1, -0.05) is 29.8 Å². The predicted octanol–water partition coefficient (Wildman–Crippen LogP) is 2.59. The molecule has 0 N–H and O–H groups in total. The number of imidazole rings is 1. The lowest BCUT2D eigenvalue weighted by Crippen LogP contribution is -2.41. The average Bonchev–Trinajstić information content (AvgIpc) is 3.45. The molecule has 1 aliphatic carbocycles. The molecule has 1 aliphatic rings. The highest BCUT2D eigenvalue weighted by molar-refractivity contribution is 5.77. The number of methoxy groups -OCH3 is 1. The van der Waals surface area contributed by atoms with Crippen molar-refractivity contribution in [3.05, 3.63) is 74.6 Å². The summed E-state index contributed by atoms with van der Waals surface area (Å²) in [6.45, 7) is 2.85. The van der Waals surface area contributed by atoms with Crippen LogP contribution in [0.15, 0.2) is 52.2 Å². The number of aryl methyl sites for hydroxylation is 1. The van der Waals surface area contributed by atoms with Crippen LogP contribution in [0, 0.1) is 12.8 Å². The number of hydrogen-bond acceptors (Lipinski definition) is 4. The zero-order valence-electron chi connectivity index (χ0n) is 16.5. The van der Waals surface area contributed by atoms with Crippen molar-refractivity contribution >= 4 is 16.8 Å². The lowest BCUT2D eigenvalue weighted by Gasteiger charge is -2.12. The zero-order valence-corrected chi connectivity index (χ0v) is 16.5. The van der Waals surface area contributed by atoms with Gasteiger partial charge in [0, 0.05) is 18.8 Å². The van der Waals surface area contributed by atoms with Gasteiger partial charge in [-0.2, -0.15) is 0 Å². The second-order valence-electron chi connectivity index (χ2n) is 7.80. The summed E-state index contributed by atoms with van der Waals surface area (Å²) in [7, 11) is 1.59. The Morgan fingerprint density at radius 2 is 1.97 bits per heavy atom. The molecule has 0 bridgehead atoms. The minimum Gasteiger partial charge on any atom is -0.497 e. The third-order valence-electron chi connectivity index (χ3n) is 5.54. The molecule has 1 fully saturated rings. The number of rotatable bonds is 5. The van der Waals surface area contributed by atoms with Crippen molar-refractivity contribution in [3.8, 4) is 5.75 Å². The maximum Gasteiger partial charge on any atom is 0.333 e. The normalized spacial score (nSPS) is 14.0. The van der Waals surface area contributed by atoms with Crippen molar-refractivity contribution in [2.24, 2.45) is 5.92 Å². The van der Waals surface area contributed by atoms with E-state index >= 15 is 0 Å². The van der Waals surface area contributed by atoms with Gasteiger partial charge in [0.1, 0.15) is 11.4 Å². The van der Waals surface area contributed by atoms with Crippen molar-refractivity contribution in [1.82, 2.24) is 18.5 Å². The maximum absolute atomic E-state index is 13.3. The van der Waals surface area contributed by atoms with Crippen LogP contribution in [0.2, 0.25) is 0 Å². The molecule has 0 aliphatic heterocycles. The fourth-order valence-electron chi connectivity index (χ4n) is 3.83. The van der Waals surface area contributed by atoms with Gasteiger partial charge in [0.25, 0.3) is 5.56 Å². The molecule has 0 unspecified atom stereocenters. The van der Waals surface area contributed by atoms with Gasteiger partial charge in [-0.25, -0.2) is 9.78 Å². The highest BCUT2D eigenvalue weighted by Gasteiger charge is 2.26. The van der Waals surface area contributed by atoms with E-state index in [1.54, 1.807) is 34.4 Å². The number of hydrogen-bond donors (Lipinski definition) is 0. The fraction of sp³-hybridized carbons (Fsp3) is 0.318. The summed E-state index contributed by atoms with van der Waals surface area (Å²) in [6, 6.07) is 11.6. The Morgan fingerprint density at radius 1 is 1.14 bits per heavy atom. The smallest absolute Gasteiger partial charge is 0.333 e. The lowest BCUT2D eigenvalue weighted by molar-refractivity contribution is 0.414. The van der Waals surface area contributed by atoms with E-state index in [9.17, 15) is 9.59 Å². The Labute approximate surface area is 166 Å². The van der Waals surface area contributed by atoms with E-state index < -0.39 is 0 Å². The number of benzene rings is 1. The SMILES string of the molecule is COc1ccn2c(c1)nc1c2c(=O)n(CC2CC2)c(=O)n1Cc1cccc(C)c1. The molecule has 0 spiro atoms. The molecular weight excluding hydrogens is 368 g/mol. The first-order chi connectivity index (χ1) is 14.0. The molecule has 148 valence electrons. The van der Waals surface area contributed by atoms with Gasteiger partial charge in [-0.15, -0.1) is 0 Å². The fourth-order valence-corrected chi connectivity index (χ4v) is 3.83. The maximum atomic E-state index is 13.3. The van der Waals surface area contributed by atoms with Crippen LogP contribution < -0.4 is 16.0 Å². The third kappa shape index (κ3) is 3.03. The van der Waals surface area contributed by atoms with E-state index in [1.165, 1.54) is 4.57 Å². The Balaban J connectivity index is 1.80. The predicted molar refractivity (Wildman–Crippen MR) is 111 cm³/mol. The van der Waals surface area contributed by atoms with Crippen LogP contribution in [0.5, 0.6) is 5.75 Å². The van der Waals surface area contributed by atoms with Gasteiger partial charge in [0.2, 0.25) is 0 Å².